The Morgan fingerprint density at radius 2 is 1.69 bits per heavy atom. The number of ketones is 1. The first kappa shape index (κ1) is 20.1. The second-order valence-corrected chi connectivity index (χ2v) is 8.06. The summed E-state index contributed by atoms with van der Waals surface area (Å²) in [6.45, 7) is 4.97. The van der Waals surface area contributed by atoms with Crippen molar-refractivity contribution in [3.05, 3.63) is 112 Å². The van der Waals surface area contributed by atoms with Crippen LogP contribution in [-0.4, -0.2) is 17.4 Å². The van der Waals surface area contributed by atoms with Crippen LogP contribution in [0.3, 0.4) is 0 Å². The molecule has 3 aromatic carbocycles. The highest BCUT2D eigenvalue weighted by Gasteiger charge is 2.33. The smallest absolute Gasteiger partial charge is 0.200 e. The van der Waals surface area contributed by atoms with E-state index in [9.17, 15) is 9.90 Å². The second-order valence-electron chi connectivity index (χ2n) is 8.06. The summed E-state index contributed by atoms with van der Waals surface area (Å²) in [5.74, 6) is -0.0467. The zero-order valence-electron chi connectivity index (χ0n) is 18.3. The molecule has 1 N–H and O–H groups in total. The van der Waals surface area contributed by atoms with Crippen LogP contribution < -0.4 is 4.90 Å². The Hall–Kier alpha value is -3.85. The molecule has 32 heavy (non-hydrogen) atoms. The molecule has 1 aliphatic heterocycles. The zero-order chi connectivity index (χ0) is 22.2. The van der Waals surface area contributed by atoms with E-state index in [-0.39, 0.29) is 11.5 Å². The molecule has 0 aromatic heterocycles. The third-order valence-electron chi connectivity index (χ3n) is 6.31. The van der Waals surface area contributed by atoms with Gasteiger partial charge in [0, 0.05) is 17.9 Å². The van der Waals surface area contributed by atoms with Crippen LogP contribution in [0, 0.1) is 0 Å². The lowest BCUT2D eigenvalue weighted by Gasteiger charge is -2.30. The summed E-state index contributed by atoms with van der Waals surface area (Å²) in [5.41, 5.74) is 6.07. The molecule has 1 aliphatic carbocycles. The minimum Gasteiger partial charge on any atom is -0.506 e. The Morgan fingerprint density at radius 3 is 2.47 bits per heavy atom. The first-order valence-corrected chi connectivity index (χ1v) is 11.1. The van der Waals surface area contributed by atoms with Crippen LogP contribution in [0.1, 0.15) is 30.5 Å². The van der Waals surface area contributed by atoms with E-state index in [0.29, 0.717) is 11.1 Å². The van der Waals surface area contributed by atoms with Crippen LogP contribution in [0.25, 0.3) is 22.9 Å². The van der Waals surface area contributed by atoms with E-state index in [1.807, 2.05) is 48.6 Å². The lowest BCUT2D eigenvalue weighted by atomic mass is 9.84. The SMILES string of the molecule is CCc1c(/C=C2/C(=O)C(/C=C3\C=Cc4ccccc4N3CC)=C2O)ccc2ccccc12. The molecule has 0 saturated carbocycles. The fraction of sp³-hybridized carbons (Fsp3) is 0.138. The minimum atomic E-state index is -0.117. The van der Waals surface area contributed by atoms with Crippen LogP contribution in [-0.2, 0) is 11.2 Å². The topological polar surface area (TPSA) is 40.5 Å². The van der Waals surface area contributed by atoms with Gasteiger partial charge in [-0.25, -0.2) is 0 Å². The van der Waals surface area contributed by atoms with Crippen molar-refractivity contribution >= 4 is 34.4 Å². The highest BCUT2D eigenvalue weighted by molar-refractivity contribution is 6.23. The Morgan fingerprint density at radius 1 is 0.906 bits per heavy atom. The molecule has 0 amide bonds. The standard InChI is InChI=1S/C29H25NO2/c1-3-23-21(14-13-19-9-5-7-11-24(19)23)17-25-28(31)26(29(25)32)18-22-16-15-20-10-6-8-12-27(20)30(22)4-2/h5-18,31H,3-4H2,1-2H3/b22-18+,25-17+. The van der Waals surface area contributed by atoms with Crippen molar-refractivity contribution in [1.29, 1.82) is 0 Å². The fourth-order valence-corrected chi connectivity index (χ4v) is 4.65. The average Bonchev–Trinajstić information content (AvgIpc) is 2.84. The van der Waals surface area contributed by atoms with Gasteiger partial charge in [0.15, 0.2) is 0 Å². The number of hydrogen-bond donors (Lipinski definition) is 1. The highest BCUT2D eigenvalue weighted by atomic mass is 16.3. The molecular formula is C29H25NO2. The predicted molar refractivity (Wildman–Crippen MR) is 133 cm³/mol. The summed E-state index contributed by atoms with van der Waals surface area (Å²) in [7, 11) is 0. The molecule has 3 aromatic rings. The summed E-state index contributed by atoms with van der Waals surface area (Å²) in [5, 5.41) is 13.1. The van der Waals surface area contributed by atoms with E-state index in [4.69, 9.17) is 0 Å². The number of likely N-dealkylation sites (N-methyl/N-ethyl adjacent to an activating group) is 1. The van der Waals surface area contributed by atoms with Gasteiger partial charge in [-0.15, -0.1) is 0 Å². The van der Waals surface area contributed by atoms with E-state index in [1.54, 1.807) is 6.08 Å². The summed E-state index contributed by atoms with van der Waals surface area (Å²) < 4.78 is 0. The van der Waals surface area contributed by atoms with Crippen molar-refractivity contribution in [3.8, 4) is 0 Å². The average molecular weight is 420 g/mol. The molecule has 0 fully saturated rings. The molecule has 1 heterocycles. The summed E-state index contributed by atoms with van der Waals surface area (Å²) in [6, 6.07) is 20.5. The van der Waals surface area contributed by atoms with Gasteiger partial charge in [0.1, 0.15) is 5.76 Å². The molecular weight excluding hydrogens is 394 g/mol. The van der Waals surface area contributed by atoms with Crippen LogP contribution in [0.5, 0.6) is 0 Å². The van der Waals surface area contributed by atoms with Gasteiger partial charge in [0.05, 0.1) is 11.1 Å². The van der Waals surface area contributed by atoms with Crippen LogP contribution in [0.2, 0.25) is 0 Å². The molecule has 3 nitrogen and oxygen atoms in total. The number of benzene rings is 3. The van der Waals surface area contributed by atoms with Gasteiger partial charge in [0.25, 0.3) is 0 Å². The second kappa shape index (κ2) is 8.01. The Labute approximate surface area is 188 Å². The van der Waals surface area contributed by atoms with Gasteiger partial charge in [-0.3, -0.25) is 4.79 Å². The Bertz CT molecular complexity index is 1370. The number of para-hydroxylation sites is 1. The molecule has 0 saturated heterocycles. The number of aliphatic hydroxyl groups is 1. The molecule has 2 aliphatic rings. The first-order valence-electron chi connectivity index (χ1n) is 11.1. The number of anilines is 1. The number of carbonyl (C=O) groups is 1. The van der Waals surface area contributed by atoms with Crippen molar-refractivity contribution in [2.45, 2.75) is 20.3 Å². The van der Waals surface area contributed by atoms with E-state index in [1.165, 1.54) is 16.3 Å². The van der Waals surface area contributed by atoms with E-state index in [0.717, 1.165) is 35.5 Å². The summed E-state index contributed by atoms with van der Waals surface area (Å²) >= 11 is 0. The van der Waals surface area contributed by atoms with E-state index >= 15 is 0 Å². The first-order chi connectivity index (χ1) is 15.6. The Kier molecular flexibility index (Phi) is 5.02. The highest BCUT2D eigenvalue weighted by Crippen LogP contribution is 2.36. The predicted octanol–water partition coefficient (Wildman–Crippen LogP) is 6.62. The van der Waals surface area contributed by atoms with Crippen molar-refractivity contribution in [3.63, 3.8) is 0 Å². The van der Waals surface area contributed by atoms with Crippen molar-refractivity contribution < 1.29 is 9.90 Å². The largest absolute Gasteiger partial charge is 0.506 e. The molecule has 158 valence electrons. The van der Waals surface area contributed by atoms with Gasteiger partial charge >= 0.3 is 0 Å². The van der Waals surface area contributed by atoms with Crippen molar-refractivity contribution in [1.82, 2.24) is 0 Å². The number of Topliss-reactive ketones (excluding diaryl/α,β-unsaturated/α-hetero) is 1. The molecule has 3 heteroatoms. The monoisotopic (exact) mass is 419 g/mol. The molecule has 5 rings (SSSR count). The maximum Gasteiger partial charge on any atom is 0.200 e. The normalized spacial score (nSPS) is 17.9. The lowest BCUT2D eigenvalue weighted by Crippen LogP contribution is -2.26. The van der Waals surface area contributed by atoms with Crippen LogP contribution >= 0.6 is 0 Å². The van der Waals surface area contributed by atoms with Crippen molar-refractivity contribution in [2.24, 2.45) is 0 Å². The van der Waals surface area contributed by atoms with Gasteiger partial charge < -0.3 is 10.0 Å². The number of carbonyl (C=O) groups excluding carboxylic acids is 1. The van der Waals surface area contributed by atoms with Gasteiger partial charge in [-0.2, -0.15) is 0 Å². The fourth-order valence-electron chi connectivity index (χ4n) is 4.65. The number of rotatable bonds is 4. The number of allylic oxidation sites excluding steroid dienone is 4. The minimum absolute atomic E-state index is 0.0704. The van der Waals surface area contributed by atoms with Crippen molar-refractivity contribution in [2.75, 3.05) is 11.4 Å². The maximum absolute atomic E-state index is 13.0. The number of hydrogen-bond acceptors (Lipinski definition) is 3. The van der Waals surface area contributed by atoms with E-state index in [2.05, 4.69) is 49.1 Å². The van der Waals surface area contributed by atoms with E-state index < -0.39 is 0 Å². The third-order valence-corrected chi connectivity index (χ3v) is 6.31. The number of nitrogens with zero attached hydrogens (tertiary/aromatic N) is 1. The molecule has 0 bridgehead atoms. The summed E-state index contributed by atoms with van der Waals surface area (Å²) in [6.07, 6.45) is 8.53. The quantitative estimate of drug-likeness (QED) is 0.483. The third kappa shape index (κ3) is 3.18. The Balaban J connectivity index is 1.53. The van der Waals surface area contributed by atoms with Gasteiger partial charge in [-0.1, -0.05) is 67.6 Å². The number of aliphatic hydroxyl groups excluding tert-OH is 1. The molecule has 0 spiro atoms. The van der Waals surface area contributed by atoms with Crippen LogP contribution in [0.4, 0.5) is 5.69 Å². The zero-order valence-corrected chi connectivity index (χ0v) is 18.3. The molecule has 0 unspecified atom stereocenters. The number of aryl methyl sites for hydroxylation is 1. The maximum atomic E-state index is 13.0. The van der Waals surface area contributed by atoms with Crippen LogP contribution in [0.15, 0.2) is 95.4 Å². The number of fused-ring (bicyclic) bond motifs is 2. The summed E-state index contributed by atoms with van der Waals surface area (Å²) in [4.78, 5) is 15.1. The lowest BCUT2D eigenvalue weighted by molar-refractivity contribution is -0.113. The molecule has 0 atom stereocenters. The molecule has 0 radical (unpaired) electrons. The van der Waals surface area contributed by atoms with Gasteiger partial charge in [-0.05, 0) is 65.1 Å². The van der Waals surface area contributed by atoms with Gasteiger partial charge in [0.2, 0.25) is 5.78 Å².